The van der Waals surface area contributed by atoms with E-state index in [-0.39, 0.29) is 11.4 Å². The van der Waals surface area contributed by atoms with E-state index in [1.54, 1.807) is 12.1 Å². The Bertz CT molecular complexity index is 427. The van der Waals surface area contributed by atoms with Crippen molar-refractivity contribution in [2.75, 3.05) is 12.4 Å². The maximum atomic E-state index is 12.1. The second-order valence-corrected chi connectivity index (χ2v) is 5.61. The largest absolute Gasteiger partial charge is 0.314 e. The summed E-state index contributed by atoms with van der Waals surface area (Å²) < 4.78 is 0. The van der Waals surface area contributed by atoms with Gasteiger partial charge in [0.05, 0.1) is 5.02 Å². The summed E-state index contributed by atoms with van der Waals surface area (Å²) >= 11 is 5.76. The molecule has 0 atom stereocenters. The summed E-state index contributed by atoms with van der Waals surface area (Å²) in [4.78, 5) is 16.2. The smallest absolute Gasteiger partial charge is 0.227 e. The van der Waals surface area contributed by atoms with Gasteiger partial charge in [0.25, 0.3) is 0 Å². The Labute approximate surface area is 118 Å². The number of hydrogen-bond donors (Lipinski definition) is 2. The van der Waals surface area contributed by atoms with Crippen molar-refractivity contribution in [2.24, 2.45) is 0 Å². The molecule has 4 nitrogen and oxygen atoms in total. The number of anilines is 1. The van der Waals surface area contributed by atoms with Crippen LogP contribution in [-0.2, 0) is 4.79 Å². The molecular weight excluding hydrogens is 262 g/mol. The van der Waals surface area contributed by atoms with Gasteiger partial charge in [-0.1, -0.05) is 30.9 Å². The highest BCUT2D eigenvalue weighted by Gasteiger charge is 2.32. The lowest BCUT2D eigenvalue weighted by atomic mass is 9.79. The third kappa shape index (κ3) is 3.91. The minimum atomic E-state index is -0.0469. The Morgan fingerprint density at radius 3 is 2.68 bits per heavy atom. The quantitative estimate of drug-likeness (QED) is 0.892. The Morgan fingerprint density at radius 2 is 2.11 bits per heavy atom. The molecule has 19 heavy (non-hydrogen) atoms. The molecule has 0 aliphatic heterocycles. The van der Waals surface area contributed by atoms with Crippen LogP contribution < -0.4 is 10.6 Å². The molecule has 0 unspecified atom stereocenters. The van der Waals surface area contributed by atoms with Crippen LogP contribution in [0.1, 0.15) is 38.5 Å². The second-order valence-electron chi connectivity index (χ2n) is 5.18. The van der Waals surface area contributed by atoms with E-state index in [0.717, 1.165) is 12.8 Å². The van der Waals surface area contributed by atoms with E-state index in [1.807, 2.05) is 7.05 Å². The molecule has 0 radical (unpaired) electrons. The van der Waals surface area contributed by atoms with E-state index in [4.69, 9.17) is 11.6 Å². The van der Waals surface area contributed by atoms with Gasteiger partial charge in [0, 0.05) is 18.2 Å². The number of pyridine rings is 1. The number of carbonyl (C=O) groups is 1. The molecule has 2 N–H and O–H groups in total. The number of halogens is 1. The third-order valence-corrected chi connectivity index (χ3v) is 4.06. The monoisotopic (exact) mass is 281 g/mol. The number of nitrogens with zero attached hydrogens (tertiary/aromatic N) is 1. The highest BCUT2D eigenvalue weighted by molar-refractivity contribution is 6.30. The Balaban J connectivity index is 1.94. The van der Waals surface area contributed by atoms with E-state index in [9.17, 15) is 4.79 Å². The first-order valence-corrected chi connectivity index (χ1v) is 7.12. The standard InChI is InChI=1S/C14H20ClN3O/c1-16-14(7-3-2-4-8-14)9-13(19)18-12-6-5-11(15)10-17-12/h5-6,10,16H,2-4,7-9H2,1H3,(H,17,18,19). The van der Waals surface area contributed by atoms with Crippen LogP contribution in [0.5, 0.6) is 0 Å². The molecule has 1 aliphatic carbocycles. The predicted octanol–water partition coefficient (Wildman–Crippen LogP) is 2.99. The minimum absolute atomic E-state index is 0.00562. The summed E-state index contributed by atoms with van der Waals surface area (Å²) in [5.74, 6) is 0.558. The Kier molecular flexibility index (Phi) is 4.77. The molecule has 5 heteroatoms. The molecule has 1 aromatic rings. The zero-order valence-electron chi connectivity index (χ0n) is 11.2. The molecule has 0 bridgehead atoms. The molecule has 1 aliphatic rings. The van der Waals surface area contributed by atoms with Crippen LogP contribution in [0.3, 0.4) is 0 Å². The first kappa shape index (κ1) is 14.3. The molecule has 2 rings (SSSR count). The van der Waals surface area contributed by atoms with E-state index in [1.165, 1.54) is 25.5 Å². The molecule has 1 aromatic heterocycles. The third-order valence-electron chi connectivity index (χ3n) is 3.83. The molecule has 1 saturated carbocycles. The normalized spacial score (nSPS) is 18.0. The maximum Gasteiger partial charge on any atom is 0.227 e. The van der Waals surface area contributed by atoms with Crippen LogP contribution in [-0.4, -0.2) is 23.5 Å². The molecule has 1 fully saturated rings. The summed E-state index contributed by atoms with van der Waals surface area (Å²) in [5.41, 5.74) is -0.0469. The zero-order chi connectivity index (χ0) is 13.7. The molecule has 1 heterocycles. The number of rotatable bonds is 4. The van der Waals surface area contributed by atoms with E-state index < -0.39 is 0 Å². The van der Waals surface area contributed by atoms with Gasteiger partial charge in [-0.3, -0.25) is 4.79 Å². The van der Waals surface area contributed by atoms with Crippen molar-refractivity contribution in [3.8, 4) is 0 Å². The fraction of sp³-hybridized carbons (Fsp3) is 0.571. The van der Waals surface area contributed by atoms with Crippen LogP contribution in [0.25, 0.3) is 0 Å². The van der Waals surface area contributed by atoms with Gasteiger partial charge in [-0.25, -0.2) is 4.98 Å². The van der Waals surface area contributed by atoms with Crippen molar-refractivity contribution in [2.45, 2.75) is 44.1 Å². The molecule has 0 spiro atoms. The number of amides is 1. The van der Waals surface area contributed by atoms with E-state index >= 15 is 0 Å². The average molecular weight is 282 g/mol. The maximum absolute atomic E-state index is 12.1. The summed E-state index contributed by atoms with van der Waals surface area (Å²) in [6.07, 6.45) is 7.79. The van der Waals surface area contributed by atoms with Gasteiger partial charge in [0.2, 0.25) is 5.91 Å². The lowest BCUT2D eigenvalue weighted by molar-refractivity contribution is -0.117. The van der Waals surface area contributed by atoms with Gasteiger partial charge in [0.15, 0.2) is 0 Å². The van der Waals surface area contributed by atoms with Gasteiger partial charge in [0.1, 0.15) is 5.82 Å². The van der Waals surface area contributed by atoms with Gasteiger partial charge in [-0.05, 0) is 32.0 Å². The summed E-state index contributed by atoms with van der Waals surface area (Å²) in [7, 11) is 1.94. The van der Waals surface area contributed by atoms with Crippen molar-refractivity contribution < 1.29 is 4.79 Å². The van der Waals surface area contributed by atoms with Crippen molar-refractivity contribution in [3.63, 3.8) is 0 Å². The molecule has 1 amide bonds. The number of carbonyl (C=O) groups excluding carboxylic acids is 1. The fourth-order valence-electron chi connectivity index (χ4n) is 2.69. The number of hydrogen-bond acceptors (Lipinski definition) is 3. The van der Waals surface area contributed by atoms with Crippen LogP contribution in [0, 0.1) is 0 Å². The van der Waals surface area contributed by atoms with Gasteiger partial charge in [-0.15, -0.1) is 0 Å². The summed E-state index contributed by atoms with van der Waals surface area (Å²) in [6, 6.07) is 3.44. The van der Waals surface area contributed by atoms with Gasteiger partial charge >= 0.3 is 0 Å². The molecular formula is C14H20ClN3O. The predicted molar refractivity (Wildman–Crippen MR) is 77.4 cm³/mol. The average Bonchev–Trinajstić information content (AvgIpc) is 2.42. The Hall–Kier alpha value is -1.13. The van der Waals surface area contributed by atoms with Gasteiger partial charge in [-0.2, -0.15) is 0 Å². The van der Waals surface area contributed by atoms with Gasteiger partial charge < -0.3 is 10.6 Å². The van der Waals surface area contributed by atoms with Crippen LogP contribution >= 0.6 is 11.6 Å². The highest BCUT2D eigenvalue weighted by Crippen LogP contribution is 2.30. The summed E-state index contributed by atoms with van der Waals surface area (Å²) in [6.45, 7) is 0. The fourth-order valence-corrected chi connectivity index (χ4v) is 2.80. The van der Waals surface area contributed by atoms with Crippen molar-refractivity contribution in [1.82, 2.24) is 10.3 Å². The lowest BCUT2D eigenvalue weighted by Gasteiger charge is -2.36. The second kappa shape index (κ2) is 6.35. The van der Waals surface area contributed by atoms with E-state index in [2.05, 4.69) is 15.6 Å². The van der Waals surface area contributed by atoms with Crippen LogP contribution in [0.4, 0.5) is 5.82 Å². The van der Waals surface area contributed by atoms with Crippen LogP contribution in [0.2, 0.25) is 5.02 Å². The lowest BCUT2D eigenvalue weighted by Crippen LogP contribution is -2.47. The summed E-state index contributed by atoms with van der Waals surface area (Å²) in [5, 5.41) is 6.73. The topological polar surface area (TPSA) is 54.0 Å². The minimum Gasteiger partial charge on any atom is -0.314 e. The van der Waals surface area contributed by atoms with Crippen molar-refractivity contribution in [1.29, 1.82) is 0 Å². The molecule has 104 valence electrons. The molecule has 0 aromatic carbocycles. The van der Waals surface area contributed by atoms with Crippen LogP contribution in [0.15, 0.2) is 18.3 Å². The van der Waals surface area contributed by atoms with Crippen molar-refractivity contribution in [3.05, 3.63) is 23.4 Å². The first-order chi connectivity index (χ1) is 9.13. The Morgan fingerprint density at radius 1 is 1.37 bits per heavy atom. The highest BCUT2D eigenvalue weighted by atomic mass is 35.5. The molecule has 0 saturated heterocycles. The number of aromatic nitrogens is 1. The SMILES string of the molecule is CNC1(CC(=O)Nc2ccc(Cl)cn2)CCCCC1. The van der Waals surface area contributed by atoms with Crippen molar-refractivity contribution >= 4 is 23.3 Å². The zero-order valence-corrected chi connectivity index (χ0v) is 12.0. The first-order valence-electron chi connectivity index (χ1n) is 6.74. The van der Waals surface area contributed by atoms with E-state index in [0.29, 0.717) is 17.3 Å². The number of nitrogens with one attached hydrogen (secondary N) is 2.